The van der Waals surface area contributed by atoms with Gasteiger partial charge in [-0.2, -0.15) is 0 Å². The lowest BCUT2D eigenvalue weighted by Gasteiger charge is -2.41. The van der Waals surface area contributed by atoms with Gasteiger partial charge in [0.2, 0.25) is 5.91 Å². The molecule has 1 fully saturated rings. The van der Waals surface area contributed by atoms with E-state index in [0.717, 1.165) is 19.0 Å². The third kappa shape index (κ3) is 1.78. The second kappa shape index (κ2) is 3.44. The molecule has 0 radical (unpaired) electrons. The molecule has 1 saturated heterocycles. The zero-order valence-electron chi connectivity index (χ0n) is 8.37. The van der Waals surface area contributed by atoms with Crippen molar-refractivity contribution in [2.45, 2.75) is 19.9 Å². The van der Waals surface area contributed by atoms with E-state index in [4.69, 9.17) is 0 Å². The highest BCUT2D eigenvalue weighted by molar-refractivity contribution is 5.81. The molecular weight excluding hydrogens is 152 g/mol. The number of amides is 1. The van der Waals surface area contributed by atoms with Crippen LogP contribution in [0.4, 0.5) is 0 Å². The highest BCUT2D eigenvalue weighted by Gasteiger charge is 2.31. The normalized spacial score (nSPS) is 21.7. The molecule has 0 unspecified atom stereocenters. The average molecular weight is 170 g/mol. The van der Waals surface area contributed by atoms with Crippen LogP contribution in [0.3, 0.4) is 0 Å². The number of likely N-dealkylation sites (N-methyl/N-ethyl adjacent to an activating group) is 1. The predicted molar refractivity (Wildman–Crippen MR) is 48.9 cm³/mol. The van der Waals surface area contributed by atoms with E-state index in [9.17, 15) is 4.79 Å². The quantitative estimate of drug-likeness (QED) is 0.599. The molecule has 1 amide bonds. The minimum Gasteiger partial charge on any atom is -0.347 e. The van der Waals surface area contributed by atoms with Crippen molar-refractivity contribution in [2.75, 3.05) is 27.2 Å². The van der Waals surface area contributed by atoms with Gasteiger partial charge in [0.15, 0.2) is 0 Å². The highest BCUT2D eigenvalue weighted by atomic mass is 16.2. The number of likely N-dealkylation sites (tertiary alicyclic amines) is 1. The van der Waals surface area contributed by atoms with Crippen molar-refractivity contribution in [3.63, 3.8) is 0 Å². The molecule has 1 heterocycles. The number of carbonyl (C=O) groups excluding carboxylic acids is 1. The van der Waals surface area contributed by atoms with E-state index in [1.165, 1.54) is 0 Å². The van der Waals surface area contributed by atoms with Gasteiger partial charge in [-0.1, -0.05) is 6.92 Å². The van der Waals surface area contributed by atoms with Gasteiger partial charge in [-0.3, -0.25) is 9.69 Å². The number of hydrogen-bond acceptors (Lipinski definition) is 2. The summed E-state index contributed by atoms with van der Waals surface area (Å²) in [5.41, 5.74) is 0. The summed E-state index contributed by atoms with van der Waals surface area (Å²) in [7, 11) is 3.62. The fraction of sp³-hybridized carbons (Fsp3) is 0.889. The molecule has 3 heteroatoms. The minimum absolute atomic E-state index is 0.0659. The lowest BCUT2D eigenvalue weighted by Crippen LogP contribution is -2.54. The number of hydrogen-bond donors (Lipinski definition) is 0. The molecule has 1 aliphatic rings. The summed E-state index contributed by atoms with van der Waals surface area (Å²) < 4.78 is 0. The van der Waals surface area contributed by atoms with Crippen molar-refractivity contribution in [1.29, 1.82) is 0 Å². The molecule has 0 spiro atoms. The van der Waals surface area contributed by atoms with Crippen molar-refractivity contribution in [2.24, 2.45) is 5.92 Å². The second-order valence-corrected chi connectivity index (χ2v) is 3.97. The van der Waals surface area contributed by atoms with E-state index in [1.807, 2.05) is 21.0 Å². The first-order valence-corrected chi connectivity index (χ1v) is 4.47. The first-order chi connectivity index (χ1) is 5.52. The largest absolute Gasteiger partial charge is 0.347 e. The van der Waals surface area contributed by atoms with Gasteiger partial charge in [-0.25, -0.2) is 0 Å². The molecule has 0 N–H and O–H groups in total. The van der Waals surface area contributed by atoms with Gasteiger partial charge in [0.25, 0.3) is 0 Å². The molecule has 0 aromatic heterocycles. The number of rotatable bonds is 2. The highest BCUT2D eigenvalue weighted by Crippen LogP contribution is 2.17. The Morgan fingerprint density at radius 1 is 1.50 bits per heavy atom. The molecule has 70 valence electrons. The molecule has 0 aromatic rings. The molecule has 0 saturated carbocycles. The first kappa shape index (κ1) is 9.52. The second-order valence-electron chi connectivity index (χ2n) is 3.97. The van der Waals surface area contributed by atoms with E-state index in [0.29, 0.717) is 0 Å². The van der Waals surface area contributed by atoms with Crippen molar-refractivity contribution in [3.05, 3.63) is 0 Å². The van der Waals surface area contributed by atoms with Crippen LogP contribution in [-0.4, -0.2) is 48.9 Å². The van der Waals surface area contributed by atoms with Gasteiger partial charge < -0.3 is 4.90 Å². The van der Waals surface area contributed by atoms with E-state index in [2.05, 4.69) is 11.8 Å². The van der Waals surface area contributed by atoms with Crippen molar-refractivity contribution in [3.8, 4) is 0 Å². The van der Waals surface area contributed by atoms with Crippen LogP contribution in [0.25, 0.3) is 0 Å². The molecular formula is C9H18N2O. The zero-order valence-corrected chi connectivity index (χ0v) is 8.37. The maximum absolute atomic E-state index is 11.5. The van der Waals surface area contributed by atoms with E-state index in [-0.39, 0.29) is 11.9 Å². The molecule has 1 rings (SSSR count). The van der Waals surface area contributed by atoms with Crippen molar-refractivity contribution in [1.82, 2.24) is 9.80 Å². The number of nitrogens with zero attached hydrogens (tertiary/aromatic N) is 2. The van der Waals surface area contributed by atoms with Crippen LogP contribution < -0.4 is 0 Å². The topological polar surface area (TPSA) is 23.6 Å². The molecule has 0 aromatic carbocycles. The van der Waals surface area contributed by atoms with Gasteiger partial charge in [0.05, 0.1) is 6.04 Å². The molecule has 1 aliphatic heterocycles. The van der Waals surface area contributed by atoms with Crippen LogP contribution >= 0.6 is 0 Å². The number of carbonyl (C=O) groups is 1. The zero-order chi connectivity index (χ0) is 9.30. The van der Waals surface area contributed by atoms with Crippen LogP contribution in [0.15, 0.2) is 0 Å². The average Bonchev–Trinajstić information content (AvgIpc) is 1.95. The summed E-state index contributed by atoms with van der Waals surface area (Å²) >= 11 is 0. The smallest absolute Gasteiger partial charge is 0.239 e. The molecule has 1 atom stereocenters. The van der Waals surface area contributed by atoms with E-state index in [1.54, 1.807) is 4.90 Å². The third-order valence-electron chi connectivity index (χ3n) is 2.44. The predicted octanol–water partition coefficient (Wildman–Crippen LogP) is 0.415. The van der Waals surface area contributed by atoms with Crippen LogP contribution in [0.2, 0.25) is 0 Å². The Hall–Kier alpha value is -0.570. The van der Waals surface area contributed by atoms with Crippen LogP contribution in [-0.2, 0) is 4.79 Å². The Bertz CT molecular complexity index is 173. The summed E-state index contributed by atoms with van der Waals surface area (Å²) in [5, 5.41) is 0. The van der Waals surface area contributed by atoms with Gasteiger partial charge in [-0.05, 0) is 12.8 Å². The lowest BCUT2D eigenvalue weighted by molar-refractivity contribution is -0.136. The first-order valence-electron chi connectivity index (χ1n) is 4.47. The van der Waals surface area contributed by atoms with Gasteiger partial charge >= 0.3 is 0 Å². The van der Waals surface area contributed by atoms with Gasteiger partial charge in [-0.15, -0.1) is 0 Å². The van der Waals surface area contributed by atoms with E-state index < -0.39 is 0 Å². The molecule has 0 aliphatic carbocycles. The fourth-order valence-corrected chi connectivity index (χ4v) is 1.59. The monoisotopic (exact) mass is 170 g/mol. The summed E-state index contributed by atoms with van der Waals surface area (Å²) in [6.45, 7) is 6.33. The summed E-state index contributed by atoms with van der Waals surface area (Å²) in [5.74, 6) is 0.976. The summed E-state index contributed by atoms with van der Waals surface area (Å²) in [6.07, 6.45) is 0. The van der Waals surface area contributed by atoms with E-state index >= 15 is 0 Å². The Morgan fingerprint density at radius 2 is 2.00 bits per heavy atom. The summed E-state index contributed by atoms with van der Waals surface area (Å²) in [6, 6.07) is 0.0659. The molecule has 0 bridgehead atoms. The Morgan fingerprint density at radius 3 is 2.33 bits per heavy atom. The third-order valence-corrected chi connectivity index (χ3v) is 2.44. The van der Waals surface area contributed by atoms with Crippen LogP contribution in [0.1, 0.15) is 13.8 Å². The maximum atomic E-state index is 11.5. The van der Waals surface area contributed by atoms with Gasteiger partial charge in [0.1, 0.15) is 0 Å². The Balaban J connectivity index is 2.38. The van der Waals surface area contributed by atoms with Crippen molar-refractivity contribution >= 4 is 5.91 Å². The van der Waals surface area contributed by atoms with Gasteiger partial charge in [0, 0.05) is 27.2 Å². The standard InChI is InChI=1S/C9H18N2O/c1-7-5-11(6-7)8(2)9(12)10(3)4/h7-8H,5-6H2,1-4H3/t8-/m0/s1. The maximum Gasteiger partial charge on any atom is 0.239 e. The lowest BCUT2D eigenvalue weighted by atomic mass is 10.00. The Labute approximate surface area is 74.3 Å². The minimum atomic E-state index is 0.0659. The van der Waals surface area contributed by atoms with Crippen molar-refractivity contribution < 1.29 is 4.79 Å². The fourth-order valence-electron chi connectivity index (χ4n) is 1.59. The van der Waals surface area contributed by atoms with Crippen LogP contribution in [0.5, 0.6) is 0 Å². The SMILES string of the molecule is CC1CN([C@@H](C)C(=O)N(C)C)C1. The summed E-state index contributed by atoms with van der Waals surface area (Å²) in [4.78, 5) is 15.3. The Kier molecular flexibility index (Phi) is 2.73. The van der Waals surface area contributed by atoms with Crippen LogP contribution in [0, 0.1) is 5.92 Å². The molecule has 12 heavy (non-hydrogen) atoms. The molecule has 3 nitrogen and oxygen atoms in total.